The Hall–Kier alpha value is -0.610. The van der Waals surface area contributed by atoms with E-state index in [2.05, 4.69) is 10.6 Å². The molecule has 0 aromatic rings. The van der Waals surface area contributed by atoms with Crippen LogP contribution in [0.2, 0.25) is 0 Å². The molecular formula is C9H19N3O. The van der Waals surface area contributed by atoms with Crippen molar-refractivity contribution in [3.63, 3.8) is 0 Å². The highest BCUT2D eigenvalue weighted by Crippen LogP contribution is 1.99. The molecule has 1 fully saturated rings. The third-order valence-electron chi connectivity index (χ3n) is 2.28. The van der Waals surface area contributed by atoms with E-state index in [0.29, 0.717) is 19.0 Å². The number of rotatable bonds is 5. The van der Waals surface area contributed by atoms with E-state index in [4.69, 9.17) is 5.73 Å². The van der Waals surface area contributed by atoms with Crippen molar-refractivity contribution in [3.8, 4) is 0 Å². The molecule has 0 saturated carbocycles. The van der Waals surface area contributed by atoms with Gasteiger partial charge >= 0.3 is 0 Å². The zero-order valence-electron chi connectivity index (χ0n) is 8.01. The summed E-state index contributed by atoms with van der Waals surface area (Å²) in [6.07, 6.45) is 3.52. The monoisotopic (exact) mass is 185 g/mol. The van der Waals surface area contributed by atoms with E-state index in [1.165, 1.54) is 0 Å². The summed E-state index contributed by atoms with van der Waals surface area (Å²) in [5.41, 5.74) is 5.34. The van der Waals surface area contributed by atoms with Crippen molar-refractivity contribution in [2.24, 2.45) is 5.73 Å². The van der Waals surface area contributed by atoms with Gasteiger partial charge in [-0.2, -0.15) is 0 Å². The Bertz CT molecular complexity index is 155. The normalized spacial score (nSPS) is 21.8. The van der Waals surface area contributed by atoms with Gasteiger partial charge < -0.3 is 16.4 Å². The van der Waals surface area contributed by atoms with Crippen molar-refractivity contribution in [1.29, 1.82) is 0 Å². The Morgan fingerprint density at radius 2 is 2.38 bits per heavy atom. The maximum absolute atomic E-state index is 11.3. The lowest BCUT2D eigenvalue weighted by Crippen LogP contribution is -2.36. The van der Waals surface area contributed by atoms with E-state index >= 15 is 0 Å². The number of hydrogen-bond acceptors (Lipinski definition) is 3. The van der Waals surface area contributed by atoms with Crippen LogP contribution in [-0.4, -0.2) is 31.6 Å². The van der Waals surface area contributed by atoms with Crippen LogP contribution in [0.5, 0.6) is 0 Å². The molecule has 1 amide bonds. The van der Waals surface area contributed by atoms with Crippen LogP contribution in [0, 0.1) is 0 Å². The lowest BCUT2D eigenvalue weighted by atomic mass is 10.2. The molecule has 76 valence electrons. The molecule has 0 aliphatic carbocycles. The fourth-order valence-electron chi connectivity index (χ4n) is 1.51. The minimum atomic E-state index is 0.169. The van der Waals surface area contributed by atoms with Gasteiger partial charge in [-0.15, -0.1) is 0 Å². The molecule has 1 saturated heterocycles. The molecule has 0 aromatic carbocycles. The SMILES string of the molecule is NCCCCC(=O)N[C@H]1CCNC1. The van der Waals surface area contributed by atoms with Gasteiger partial charge in [-0.05, 0) is 32.4 Å². The smallest absolute Gasteiger partial charge is 0.220 e. The Kier molecular flexibility index (Phi) is 4.78. The van der Waals surface area contributed by atoms with Crippen LogP contribution in [0.3, 0.4) is 0 Å². The van der Waals surface area contributed by atoms with E-state index < -0.39 is 0 Å². The molecule has 1 rings (SSSR count). The summed E-state index contributed by atoms with van der Waals surface area (Å²) in [5, 5.41) is 6.21. The van der Waals surface area contributed by atoms with Crippen LogP contribution in [0.15, 0.2) is 0 Å². The zero-order chi connectivity index (χ0) is 9.52. The third kappa shape index (κ3) is 4.24. The fourth-order valence-corrected chi connectivity index (χ4v) is 1.51. The first kappa shape index (κ1) is 10.5. The van der Waals surface area contributed by atoms with Gasteiger partial charge in [0.25, 0.3) is 0 Å². The maximum Gasteiger partial charge on any atom is 0.220 e. The first-order valence-electron chi connectivity index (χ1n) is 5.03. The molecule has 1 atom stereocenters. The van der Waals surface area contributed by atoms with Crippen LogP contribution in [-0.2, 0) is 4.79 Å². The standard InChI is InChI=1S/C9H19N3O/c10-5-2-1-3-9(13)12-8-4-6-11-7-8/h8,11H,1-7,10H2,(H,12,13)/t8-/m0/s1. The van der Waals surface area contributed by atoms with Crippen molar-refractivity contribution in [1.82, 2.24) is 10.6 Å². The summed E-state index contributed by atoms with van der Waals surface area (Å²) in [7, 11) is 0. The van der Waals surface area contributed by atoms with Gasteiger partial charge in [0.1, 0.15) is 0 Å². The van der Waals surface area contributed by atoms with Gasteiger partial charge in [-0.3, -0.25) is 4.79 Å². The predicted molar refractivity (Wildman–Crippen MR) is 52.3 cm³/mol. The largest absolute Gasteiger partial charge is 0.352 e. The third-order valence-corrected chi connectivity index (χ3v) is 2.28. The molecule has 4 nitrogen and oxygen atoms in total. The number of nitrogens with two attached hydrogens (primary N) is 1. The number of carbonyl (C=O) groups excluding carboxylic acids is 1. The van der Waals surface area contributed by atoms with E-state index in [-0.39, 0.29) is 5.91 Å². The van der Waals surface area contributed by atoms with E-state index in [1.54, 1.807) is 0 Å². The molecule has 1 heterocycles. The lowest BCUT2D eigenvalue weighted by molar-refractivity contribution is -0.121. The van der Waals surface area contributed by atoms with Gasteiger partial charge in [-0.1, -0.05) is 0 Å². The molecular weight excluding hydrogens is 166 g/mol. The summed E-state index contributed by atoms with van der Waals surface area (Å²) >= 11 is 0. The van der Waals surface area contributed by atoms with Crippen molar-refractivity contribution < 1.29 is 4.79 Å². The van der Waals surface area contributed by atoms with Gasteiger partial charge in [0.2, 0.25) is 5.91 Å². The molecule has 1 aliphatic heterocycles. The molecule has 0 radical (unpaired) electrons. The molecule has 4 heteroatoms. The fraction of sp³-hybridized carbons (Fsp3) is 0.889. The van der Waals surface area contributed by atoms with Gasteiger partial charge in [-0.25, -0.2) is 0 Å². The highest BCUT2D eigenvalue weighted by atomic mass is 16.1. The number of unbranched alkanes of at least 4 members (excludes halogenated alkanes) is 1. The first-order chi connectivity index (χ1) is 6.33. The summed E-state index contributed by atoms with van der Waals surface area (Å²) in [5.74, 6) is 0.169. The van der Waals surface area contributed by atoms with E-state index in [1.807, 2.05) is 0 Å². The van der Waals surface area contributed by atoms with Crippen molar-refractivity contribution in [2.45, 2.75) is 31.7 Å². The minimum Gasteiger partial charge on any atom is -0.352 e. The summed E-state index contributed by atoms with van der Waals surface area (Å²) in [4.78, 5) is 11.3. The highest BCUT2D eigenvalue weighted by molar-refractivity contribution is 5.76. The second kappa shape index (κ2) is 5.94. The van der Waals surface area contributed by atoms with E-state index in [0.717, 1.165) is 32.4 Å². The summed E-state index contributed by atoms with van der Waals surface area (Å²) < 4.78 is 0. The Labute approximate surface area is 79.3 Å². The van der Waals surface area contributed by atoms with Crippen molar-refractivity contribution in [3.05, 3.63) is 0 Å². The van der Waals surface area contributed by atoms with Crippen LogP contribution in [0.1, 0.15) is 25.7 Å². The Morgan fingerprint density at radius 3 is 3.00 bits per heavy atom. The highest BCUT2D eigenvalue weighted by Gasteiger charge is 2.15. The van der Waals surface area contributed by atoms with Gasteiger partial charge in [0, 0.05) is 19.0 Å². The average Bonchev–Trinajstić information content (AvgIpc) is 2.57. The minimum absolute atomic E-state index is 0.169. The molecule has 0 aromatic heterocycles. The summed E-state index contributed by atoms with van der Waals surface area (Å²) in [6, 6.07) is 0.352. The van der Waals surface area contributed by atoms with Gasteiger partial charge in [0.15, 0.2) is 0 Å². The predicted octanol–water partition coefficient (Wildman–Crippen LogP) is -0.406. The van der Waals surface area contributed by atoms with Crippen LogP contribution >= 0.6 is 0 Å². The van der Waals surface area contributed by atoms with E-state index in [9.17, 15) is 4.79 Å². The number of amides is 1. The molecule has 1 aliphatic rings. The van der Waals surface area contributed by atoms with Crippen LogP contribution in [0.25, 0.3) is 0 Å². The zero-order valence-corrected chi connectivity index (χ0v) is 8.01. The molecule has 0 spiro atoms. The van der Waals surface area contributed by atoms with Crippen molar-refractivity contribution in [2.75, 3.05) is 19.6 Å². The van der Waals surface area contributed by atoms with Crippen LogP contribution in [0.4, 0.5) is 0 Å². The molecule has 0 unspecified atom stereocenters. The average molecular weight is 185 g/mol. The molecule has 13 heavy (non-hydrogen) atoms. The molecule has 0 bridgehead atoms. The molecule has 4 N–H and O–H groups in total. The number of hydrogen-bond donors (Lipinski definition) is 3. The number of carbonyl (C=O) groups is 1. The first-order valence-corrected chi connectivity index (χ1v) is 5.03. The number of nitrogens with one attached hydrogen (secondary N) is 2. The second-order valence-corrected chi connectivity index (χ2v) is 3.50. The van der Waals surface area contributed by atoms with Gasteiger partial charge in [0.05, 0.1) is 0 Å². The Morgan fingerprint density at radius 1 is 1.54 bits per heavy atom. The second-order valence-electron chi connectivity index (χ2n) is 3.50. The summed E-state index contributed by atoms with van der Waals surface area (Å²) in [6.45, 7) is 2.62. The van der Waals surface area contributed by atoms with Crippen LogP contribution < -0.4 is 16.4 Å². The van der Waals surface area contributed by atoms with Crippen molar-refractivity contribution >= 4 is 5.91 Å². The maximum atomic E-state index is 11.3. The quantitative estimate of drug-likeness (QED) is 0.510. The Balaban J connectivity index is 2.02. The topological polar surface area (TPSA) is 67.2 Å². The lowest BCUT2D eigenvalue weighted by Gasteiger charge is -2.10.